The largest absolute Gasteiger partial charge is 0.490 e. The van der Waals surface area contributed by atoms with Crippen LogP contribution < -0.4 is 15.8 Å². The van der Waals surface area contributed by atoms with Gasteiger partial charge >= 0.3 is 5.76 Å². The van der Waals surface area contributed by atoms with Crippen molar-refractivity contribution in [2.45, 2.75) is 31.9 Å². The van der Waals surface area contributed by atoms with E-state index in [1.165, 1.54) is 12.1 Å². The molecular weight excluding hydrogens is 377 g/mol. The van der Waals surface area contributed by atoms with Gasteiger partial charge in [-0.15, -0.1) is 0 Å². The number of hydrogen-bond donors (Lipinski definition) is 2. The fraction of sp³-hybridized carbons (Fsp3) is 0.333. The first kappa shape index (κ1) is 19.2. The van der Waals surface area contributed by atoms with Crippen LogP contribution in [0.25, 0.3) is 11.1 Å². The maximum Gasteiger partial charge on any atom is 0.417 e. The topological polar surface area (TPSA) is 87.6 Å². The molecule has 0 bridgehead atoms. The monoisotopic (exact) mass is 399 g/mol. The number of aromatic nitrogens is 1. The van der Waals surface area contributed by atoms with Gasteiger partial charge < -0.3 is 14.5 Å². The number of oxazole rings is 1. The number of halogens is 1. The lowest BCUT2D eigenvalue weighted by Gasteiger charge is -2.35. The fourth-order valence-corrected chi connectivity index (χ4v) is 3.52. The zero-order chi connectivity index (χ0) is 20.4. The molecule has 1 saturated heterocycles. The summed E-state index contributed by atoms with van der Waals surface area (Å²) in [5.74, 6) is -0.282. The average Bonchev–Trinajstić information content (AvgIpc) is 3.09. The minimum Gasteiger partial charge on any atom is -0.490 e. The van der Waals surface area contributed by atoms with Crippen molar-refractivity contribution >= 4 is 22.7 Å². The summed E-state index contributed by atoms with van der Waals surface area (Å²) >= 11 is 0. The third kappa shape index (κ3) is 4.48. The number of rotatable bonds is 5. The second-order valence-corrected chi connectivity index (χ2v) is 7.20. The number of benzene rings is 2. The molecule has 3 aromatic rings. The van der Waals surface area contributed by atoms with Crippen molar-refractivity contribution in [2.75, 3.05) is 18.4 Å². The zero-order valence-corrected chi connectivity index (χ0v) is 16.0. The predicted octanol–water partition coefficient (Wildman–Crippen LogP) is 3.13. The first-order chi connectivity index (χ1) is 14.0. The number of ether oxygens (including phenoxy) is 1. The Morgan fingerprint density at radius 3 is 2.69 bits per heavy atom. The third-order valence-electron chi connectivity index (χ3n) is 5.21. The van der Waals surface area contributed by atoms with Crippen molar-refractivity contribution in [3.8, 4) is 5.75 Å². The van der Waals surface area contributed by atoms with Gasteiger partial charge in [0.05, 0.1) is 11.6 Å². The van der Waals surface area contributed by atoms with Crippen LogP contribution in [0.4, 0.5) is 10.1 Å². The van der Waals surface area contributed by atoms with Crippen molar-refractivity contribution in [1.29, 1.82) is 0 Å². The Morgan fingerprint density at radius 1 is 1.24 bits per heavy atom. The van der Waals surface area contributed by atoms with Crippen LogP contribution in [0, 0.1) is 5.82 Å². The molecule has 1 fully saturated rings. The number of H-pyrrole nitrogens is 1. The molecule has 2 heterocycles. The lowest BCUT2D eigenvalue weighted by molar-refractivity contribution is -0.121. The Balaban J connectivity index is 1.31. The maximum absolute atomic E-state index is 13.0. The Hall–Kier alpha value is -3.13. The van der Waals surface area contributed by atoms with Crippen LogP contribution in [0.15, 0.2) is 51.7 Å². The smallest absolute Gasteiger partial charge is 0.417 e. The number of carbonyl (C=O) groups is 1. The summed E-state index contributed by atoms with van der Waals surface area (Å²) in [5, 5.41) is 2.87. The van der Waals surface area contributed by atoms with E-state index in [9.17, 15) is 14.0 Å². The molecule has 2 N–H and O–H groups in total. The van der Waals surface area contributed by atoms with Gasteiger partial charge in [-0.05, 0) is 56.2 Å². The highest BCUT2D eigenvalue weighted by Crippen LogP contribution is 2.21. The van der Waals surface area contributed by atoms with Crippen LogP contribution in [0.5, 0.6) is 5.75 Å². The molecular formula is C21H22FN3O4. The normalized spacial score (nSPS) is 16.6. The van der Waals surface area contributed by atoms with E-state index in [2.05, 4.69) is 15.2 Å². The second kappa shape index (κ2) is 8.08. The van der Waals surface area contributed by atoms with Crippen LogP contribution in [0.2, 0.25) is 0 Å². The van der Waals surface area contributed by atoms with Crippen LogP contribution in [-0.4, -0.2) is 41.0 Å². The Labute approximate surface area is 166 Å². The first-order valence-corrected chi connectivity index (χ1v) is 9.58. The summed E-state index contributed by atoms with van der Waals surface area (Å²) < 4.78 is 23.9. The lowest BCUT2D eigenvalue weighted by atomic mass is 10.1. The quantitative estimate of drug-likeness (QED) is 0.688. The molecule has 1 aromatic heterocycles. The zero-order valence-electron chi connectivity index (χ0n) is 16.0. The number of amides is 1. The number of nitrogens with one attached hydrogen (secondary N) is 2. The molecule has 152 valence electrons. The molecule has 1 unspecified atom stereocenters. The van der Waals surface area contributed by atoms with E-state index in [0.717, 1.165) is 25.9 Å². The average molecular weight is 399 g/mol. The molecule has 4 rings (SSSR count). The van der Waals surface area contributed by atoms with Crippen LogP contribution in [-0.2, 0) is 4.79 Å². The Morgan fingerprint density at radius 2 is 1.97 bits per heavy atom. The van der Waals surface area contributed by atoms with Gasteiger partial charge in [-0.1, -0.05) is 0 Å². The molecule has 8 heteroatoms. The predicted molar refractivity (Wildman–Crippen MR) is 107 cm³/mol. The van der Waals surface area contributed by atoms with Crippen LogP contribution in [0.3, 0.4) is 0 Å². The van der Waals surface area contributed by atoms with Gasteiger partial charge in [-0.25, -0.2) is 9.18 Å². The fourth-order valence-electron chi connectivity index (χ4n) is 3.52. The molecule has 0 radical (unpaired) electrons. The highest BCUT2D eigenvalue weighted by atomic mass is 19.1. The van der Waals surface area contributed by atoms with E-state index in [1.54, 1.807) is 30.3 Å². The highest BCUT2D eigenvalue weighted by molar-refractivity contribution is 5.96. The molecule has 29 heavy (non-hydrogen) atoms. The van der Waals surface area contributed by atoms with Gasteiger partial charge in [-0.3, -0.25) is 14.7 Å². The number of aromatic amines is 1. The number of fused-ring (bicyclic) bond motifs is 1. The molecule has 1 atom stereocenters. The molecule has 0 saturated carbocycles. The molecule has 1 aliphatic rings. The second-order valence-electron chi connectivity index (χ2n) is 7.20. The Bertz CT molecular complexity index is 1050. The van der Waals surface area contributed by atoms with Gasteiger partial charge in [0.15, 0.2) is 5.58 Å². The molecule has 2 aromatic carbocycles. The number of anilines is 1. The SMILES string of the molecule is CC(C(=O)Nc1ccc2[nH]c(=O)oc2c1)N1CCC(Oc2ccc(F)cc2)CC1. The number of carbonyl (C=O) groups excluding carboxylic acids is 1. The van der Waals surface area contributed by atoms with Crippen LogP contribution >= 0.6 is 0 Å². The summed E-state index contributed by atoms with van der Waals surface area (Å²) in [4.78, 5) is 28.6. The number of piperidine rings is 1. The van der Waals surface area contributed by atoms with E-state index in [0.29, 0.717) is 22.5 Å². The standard InChI is InChI=1S/C21H22FN3O4/c1-13(20(26)23-15-4-7-18-19(12-15)29-21(27)24-18)25-10-8-17(9-11-25)28-16-5-2-14(22)3-6-16/h2-7,12-13,17H,8-11H2,1H3,(H,23,26)(H,24,27). The summed E-state index contributed by atoms with van der Waals surface area (Å²) in [5.41, 5.74) is 1.56. The summed E-state index contributed by atoms with van der Waals surface area (Å²) in [6.07, 6.45) is 1.62. The number of nitrogens with zero attached hydrogens (tertiary/aromatic N) is 1. The summed E-state index contributed by atoms with van der Waals surface area (Å²) in [7, 11) is 0. The minimum atomic E-state index is -0.525. The molecule has 1 amide bonds. The first-order valence-electron chi connectivity index (χ1n) is 9.58. The van der Waals surface area contributed by atoms with Crippen molar-refractivity contribution in [2.24, 2.45) is 0 Å². The molecule has 0 spiro atoms. The van der Waals surface area contributed by atoms with E-state index in [1.807, 2.05) is 6.92 Å². The van der Waals surface area contributed by atoms with Crippen LogP contribution in [0.1, 0.15) is 19.8 Å². The van der Waals surface area contributed by atoms with Crippen molar-refractivity contribution in [3.05, 3.63) is 58.8 Å². The van der Waals surface area contributed by atoms with Gasteiger partial charge in [0.2, 0.25) is 5.91 Å². The van der Waals surface area contributed by atoms with Gasteiger partial charge in [0.1, 0.15) is 17.7 Å². The van der Waals surface area contributed by atoms with E-state index < -0.39 is 5.76 Å². The van der Waals surface area contributed by atoms with Crippen molar-refractivity contribution in [1.82, 2.24) is 9.88 Å². The molecule has 7 nitrogen and oxygen atoms in total. The lowest BCUT2D eigenvalue weighted by Crippen LogP contribution is -2.47. The van der Waals surface area contributed by atoms with Gasteiger partial charge in [0.25, 0.3) is 0 Å². The third-order valence-corrected chi connectivity index (χ3v) is 5.21. The van der Waals surface area contributed by atoms with Crippen molar-refractivity contribution in [3.63, 3.8) is 0 Å². The Kier molecular flexibility index (Phi) is 5.35. The van der Waals surface area contributed by atoms with Crippen molar-refractivity contribution < 1.29 is 18.3 Å². The molecule has 1 aliphatic heterocycles. The minimum absolute atomic E-state index is 0.0471. The molecule has 0 aliphatic carbocycles. The van der Waals surface area contributed by atoms with Gasteiger partial charge in [-0.2, -0.15) is 0 Å². The number of hydrogen-bond acceptors (Lipinski definition) is 5. The number of likely N-dealkylation sites (tertiary alicyclic amines) is 1. The van der Waals surface area contributed by atoms with E-state index in [4.69, 9.17) is 9.15 Å². The van der Waals surface area contributed by atoms with E-state index >= 15 is 0 Å². The summed E-state index contributed by atoms with van der Waals surface area (Å²) in [6, 6.07) is 10.7. The van der Waals surface area contributed by atoms with E-state index in [-0.39, 0.29) is 23.9 Å². The highest BCUT2D eigenvalue weighted by Gasteiger charge is 2.27. The van der Waals surface area contributed by atoms with Gasteiger partial charge in [0, 0.05) is 24.8 Å². The maximum atomic E-state index is 13.0. The summed E-state index contributed by atoms with van der Waals surface area (Å²) in [6.45, 7) is 3.32.